The van der Waals surface area contributed by atoms with Crippen molar-refractivity contribution in [2.45, 2.75) is 30.2 Å². The number of rotatable bonds is 1. The Morgan fingerprint density at radius 2 is 2.46 bits per heavy atom. The zero-order chi connectivity index (χ0) is 10.7. The fraction of sp³-hybridized carbons (Fsp3) is 0.857. The summed E-state index contributed by atoms with van der Waals surface area (Å²) in [7, 11) is 0. The van der Waals surface area contributed by atoms with E-state index in [9.17, 15) is 15.0 Å². The zero-order valence-electron chi connectivity index (χ0n) is 7.72. The molecule has 4 atom stereocenters. The molecular formula is C7H11BrO5. The highest BCUT2D eigenvalue weighted by Gasteiger charge is 2.39. The van der Waals surface area contributed by atoms with Gasteiger partial charge in [-0.3, -0.25) is 4.79 Å². The molecule has 1 rings (SSSR count). The minimum Gasteiger partial charge on any atom is -0.456 e. The Morgan fingerprint density at radius 1 is 1.77 bits per heavy atom. The summed E-state index contributed by atoms with van der Waals surface area (Å²) in [6.07, 6.45) is -3.24. The van der Waals surface area contributed by atoms with Gasteiger partial charge in [-0.15, -0.1) is 0 Å². The molecule has 13 heavy (non-hydrogen) atoms. The minimum atomic E-state index is -1.19. The molecule has 0 saturated carbocycles. The first kappa shape index (κ1) is 9.39. The SMILES string of the molecule is [2H]CC(=O)O[C@H]1C(Br)OC[C@@H](O)[C@@H]1O. The van der Waals surface area contributed by atoms with Crippen LogP contribution < -0.4 is 0 Å². The van der Waals surface area contributed by atoms with E-state index in [1.54, 1.807) is 0 Å². The second-order valence-electron chi connectivity index (χ2n) is 2.70. The van der Waals surface area contributed by atoms with Gasteiger partial charge < -0.3 is 19.7 Å². The smallest absolute Gasteiger partial charge is 0.303 e. The Kier molecular flexibility index (Phi) is 3.15. The van der Waals surface area contributed by atoms with Gasteiger partial charge in [0.15, 0.2) is 11.1 Å². The number of aliphatic hydroxyl groups excluding tert-OH is 2. The van der Waals surface area contributed by atoms with Gasteiger partial charge in [-0.25, -0.2) is 0 Å². The largest absolute Gasteiger partial charge is 0.456 e. The minimum absolute atomic E-state index is 0.0218. The van der Waals surface area contributed by atoms with Gasteiger partial charge >= 0.3 is 5.97 Å². The van der Waals surface area contributed by atoms with Crippen LogP contribution in [0.1, 0.15) is 8.27 Å². The zero-order valence-corrected chi connectivity index (χ0v) is 8.31. The average Bonchev–Trinajstić information content (AvgIpc) is 2.18. The van der Waals surface area contributed by atoms with E-state index in [2.05, 4.69) is 15.9 Å². The third kappa shape index (κ3) is 2.63. The number of esters is 1. The number of carbonyl (C=O) groups excluding carboxylic acids is 1. The van der Waals surface area contributed by atoms with Crippen molar-refractivity contribution in [1.29, 1.82) is 0 Å². The first-order valence-corrected chi connectivity index (χ1v) is 4.58. The molecule has 76 valence electrons. The number of ether oxygens (including phenoxy) is 2. The number of carbonyl (C=O) groups is 1. The standard InChI is InChI=1S/C7H11BrO5/c1-3(9)13-6-5(11)4(10)2-12-7(6)8/h4-7,10-11H,2H2,1H3/t4-,5+,6-,7?/m1/s1/i1D. The van der Waals surface area contributed by atoms with E-state index in [0.717, 1.165) is 0 Å². The van der Waals surface area contributed by atoms with Gasteiger partial charge in [0.1, 0.15) is 12.2 Å². The lowest BCUT2D eigenvalue weighted by Crippen LogP contribution is -2.52. The van der Waals surface area contributed by atoms with E-state index in [0.29, 0.717) is 0 Å². The van der Waals surface area contributed by atoms with E-state index in [1.165, 1.54) is 0 Å². The van der Waals surface area contributed by atoms with Crippen molar-refractivity contribution < 1.29 is 25.9 Å². The van der Waals surface area contributed by atoms with Gasteiger partial charge in [-0.05, 0) is 0 Å². The highest BCUT2D eigenvalue weighted by molar-refractivity contribution is 9.09. The summed E-state index contributed by atoms with van der Waals surface area (Å²) < 4.78 is 16.4. The molecule has 0 spiro atoms. The molecule has 1 aliphatic rings. The van der Waals surface area contributed by atoms with Gasteiger partial charge in [0, 0.05) is 8.27 Å². The van der Waals surface area contributed by atoms with E-state index >= 15 is 0 Å². The molecule has 0 amide bonds. The highest BCUT2D eigenvalue weighted by atomic mass is 79.9. The van der Waals surface area contributed by atoms with Crippen molar-refractivity contribution in [3.8, 4) is 0 Å². The van der Waals surface area contributed by atoms with Crippen LogP contribution in [0.2, 0.25) is 0 Å². The normalized spacial score (nSPS) is 41.0. The monoisotopic (exact) mass is 255 g/mol. The fourth-order valence-corrected chi connectivity index (χ4v) is 1.61. The fourth-order valence-electron chi connectivity index (χ4n) is 1.03. The van der Waals surface area contributed by atoms with Crippen molar-refractivity contribution in [1.82, 2.24) is 0 Å². The maximum atomic E-state index is 10.8. The van der Waals surface area contributed by atoms with Crippen LogP contribution >= 0.6 is 15.9 Å². The number of hydrogen-bond donors (Lipinski definition) is 2. The van der Waals surface area contributed by atoms with Crippen LogP contribution in [-0.4, -0.2) is 46.1 Å². The molecule has 2 N–H and O–H groups in total. The second kappa shape index (κ2) is 4.36. The Bertz CT molecular complexity index is 214. The Morgan fingerprint density at radius 3 is 3.08 bits per heavy atom. The Balaban J connectivity index is 2.58. The summed E-state index contributed by atoms with van der Waals surface area (Å²) >= 11 is 3.05. The maximum Gasteiger partial charge on any atom is 0.303 e. The molecule has 0 aromatic heterocycles. The molecule has 1 saturated heterocycles. The van der Waals surface area contributed by atoms with Crippen molar-refractivity contribution in [3.63, 3.8) is 0 Å². The van der Waals surface area contributed by atoms with Gasteiger partial charge in [0.05, 0.1) is 6.61 Å². The molecule has 0 radical (unpaired) electrons. The van der Waals surface area contributed by atoms with Crippen LogP contribution in [0.25, 0.3) is 0 Å². The summed E-state index contributed by atoms with van der Waals surface area (Å²) in [5.41, 5.74) is 0. The van der Waals surface area contributed by atoms with Crippen molar-refractivity contribution in [2.24, 2.45) is 0 Å². The number of alkyl halides is 1. The molecule has 1 aliphatic heterocycles. The van der Waals surface area contributed by atoms with E-state index in [4.69, 9.17) is 10.8 Å². The quantitative estimate of drug-likeness (QED) is 0.483. The lowest BCUT2D eigenvalue weighted by molar-refractivity contribution is -0.188. The average molecular weight is 256 g/mol. The number of hydrogen-bond acceptors (Lipinski definition) is 5. The van der Waals surface area contributed by atoms with E-state index in [1.807, 2.05) is 0 Å². The first-order valence-electron chi connectivity index (χ1n) is 4.37. The van der Waals surface area contributed by atoms with Gasteiger partial charge in [0.25, 0.3) is 0 Å². The van der Waals surface area contributed by atoms with Crippen LogP contribution in [0, 0.1) is 0 Å². The molecule has 0 aromatic rings. The summed E-state index contributed by atoms with van der Waals surface area (Å²) in [5, 5.41) is 18.0. The molecule has 0 aromatic carbocycles. The third-order valence-electron chi connectivity index (χ3n) is 1.68. The third-order valence-corrected chi connectivity index (χ3v) is 2.47. The molecule has 6 heteroatoms. The van der Waals surface area contributed by atoms with Gasteiger partial charge in [-0.2, -0.15) is 0 Å². The summed E-state index contributed by atoms with van der Waals surface area (Å²) in [6, 6.07) is 0. The van der Waals surface area contributed by atoms with Gasteiger partial charge in [-0.1, -0.05) is 15.9 Å². The Labute approximate surface area is 85.2 Å². The van der Waals surface area contributed by atoms with Crippen LogP contribution in [0.3, 0.4) is 0 Å². The number of aliphatic hydroxyl groups is 2. The Hall–Kier alpha value is -0.170. The number of halogens is 1. The van der Waals surface area contributed by atoms with Crippen LogP contribution in [0.15, 0.2) is 0 Å². The van der Waals surface area contributed by atoms with Crippen molar-refractivity contribution in [2.75, 3.05) is 6.61 Å². The maximum absolute atomic E-state index is 10.8. The summed E-state index contributed by atoms with van der Waals surface area (Å²) in [4.78, 5) is 10.8. The van der Waals surface area contributed by atoms with Gasteiger partial charge in [0.2, 0.25) is 0 Å². The molecule has 1 fully saturated rings. The summed E-state index contributed by atoms with van der Waals surface area (Å²) in [5.74, 6) is -0.767. The van der Waals surface area contributed by atoms with Crippen LogP contribution in [-0.2, 0) is 14.3 Å². The first-order chi connectivity index (χ1) is 6.56. The van der Waals surface area contributed by atoms with Crippen LogP contribution in [0.5, 0.6) is 0 Å². The van der Waals surface area contributed by atoms with E-state index < -0.39 is 36.2 Å². The highest BCUT2D eigenvalue weighted by Crippen LogP contribution is 2.22. The molecule has 1 unspecified atom stereocenters. The predicted molar refractivity (Wildman–Crippen MR) is 46.2 cm³/mol. The van der Waals surface area contributed by atoms with E-state index in [-0.39, 0.29) is 6.61 Å². The lowest BCUT2D eigenvalue weighted by Gasteiger charge is -2.34. The lowest BCUT2D eigenvalue weighted by atomic mass is 10.1. The molecular weight excluding hydrogens is 244 g/mol. The topological polar surface area (TPSA) is 76.0 Å². The predicted octanol–water partition coefficient (Wildman–Crippen LogP) is -0.609. The second-order valence-corrected chi connectivity index (χ2v) is 3.60. The molecule has 1 heterocycles. The van der Waals surface area contributed by atoms with Crippen molar-refractivity contribution >= 4 is 21.9 Å². The molecule has 5 nitrogen and oxygen atoms in total. The van der Waals surface area contributed by atoms with Crippen LogP contribution in [0.4, 0.5) is 0 Å². The molecule has 0 bridgehead atoms. The van der Waals surface area contributed by atoms with Crippen molar-refractivity contribution in [3.05, 3.63) is 0 Å². The summed E-state index contributed by atoms with van der Waals surface area (Å²) in [6.45, 7) is -0.551. The molecule has 0 aliphatic carbocycles.